The number of piperazine rings is 1. The molecule has 1 aliphatic heterocycles. The maximum absolute atomic E-state index is 13.8. The second-order valence-electron chi connectivity index (χ2n) is 6.83. The summed E-state index contributed by atoms with van der Waals surface area (Å²) in [6, 6.07) is 5.46. The first kappa shape index (κ1) is 16.2. The van der Waals surface area contributed by atoms with Crippen LogP contribution in [0.2, 0.25) is 0 Å². The van der Waals surface area contributed by atoms with Crippen LogP contribution < -0.4 is 0 Å². The van der Waals surface area contributed by atoms with E-state index >= 15 is 0 Å². The molecular formula is C18H23FN6. The van der Waals surface area contributed by atoms with Gasteiger partial charge in [0.25, 0.3) is 0 Å². The molecule has 132 valence electrons. The smallest absolute Gasteiger partial charge is 0.151 e. The number of hydrogen-bond donors (Lipinski definition) is 1. The van der Waals surface area contributed by atoms with Crippen molar-refractivity contribution >= 4 is 11.0 Å². The monoisotopic (exact) mass is 342 g/mol. The molecule has 1 atom stereocenters. The molecule has 3 aromatic rings. The molecule has 25 heavy (non-hydrogen) atoms. The summed E-state index contributed by atoms with van der Waals surface area (Å²) < 4.78 is 15.9. The molecule has 2 aromatic heterocycles. The van der Waals surface area contributed by atoms with E-state index in [1.807, 2.05) is 25.5 Å². The molecule has 1 aliphatic rings. The van der Waals surface area contributed by atoms with Gasteiger partial charge in [-0.3, -0.25) is 9.80 Å². The molecule has 0 unspecified atom stereocenters. The minimum absolute atomic E-state index is 0.270. The number of aryl methyl sites for hydroxylation is 1. The van der Waals surface area contributed by atoms with Gasteiger partial charge in [-0.25, -0.2) is 14.4 Å². The van der Waals surface area contributed by atoms with Crippen LogP contribution in [0.3, 0.4) is 0 Å². The highest BCUT2D eigenvalue weighted by molar-refractivity contribution is 5.75. The van der Waals surface area contributed by atoms with E-state index in [1.54, 1.807) is 6.07 Å². The van der Waals surface area contributed by atoms with Gasteiger partial charge in [0, 0.05) is 45.1 Å². The minimum Gasteiger partial charge on any atom is -0.341 e. The number of rotatable bonds is 4. The van der Waals surface area contributed by atoms with Gasteiger partial charge < -0.3 is 9.55 Å². The third kappa shape index (κ3) is 3.29. The van der Waals surface area contributed by atoms with E-state index in [9.17, 15) is 4.39 Å². The van der Waals surface area contributed by atoms with Crippen LogP contribution in [0.5, 0.6) is 0 Å². The fourth-order valence-electron chi connectivity index (χ4n) is 3.51. The molecule has 1 fully saturated rings. The van der Waals surface area contributed by atoms with Crippen molar-refractivity contribution in [3.8, 4) is 0 Å². The Hall–Kier alpha value is -2.25. The fraction of sp³-hybridized carbons (Fsp3) is 0.444. The van der Waals surface area contributed by atoms with Crippen molar-refractivity contribution in [2.24, 2.45) is 7.05 Å². The summed E-state index contributed by atoms with van der Waals surface area (Å²) in [5, 5.41) is 0. The van der Waals surface area contributed by atoms with Crippen LogP contribution in [0.25, 0.3) is 11.0 Å². The van der Waals surface area contributed by atoms with Crippen molar-refractivity contribution in [1.82, 2.24) is 29.3 Å². The van der Waals surface area contributed by atoms with Crippen molar-refractivity contribution in [3.05, 3.63) is 48.1 Å². The Balaban J connectivity index is 1.40. The van der Waals surface area contributed by atoms with Gasteiger partial charge in [0.2, 0.25) is 0 Å². The van der Waals surface area contributed by atoms with Crippen molar-refractivity contribution in [3.63, 3.8) is 0 Å². The molecule has 0 bridgehead atoms. The van der Waals surface area contributed by atoms with E-state index in [-0.39, 0.29) is 5.82 Å². The number of imidazole rings is 2. The van der Waals surface area contributed by atoms with Gasteiger partial charge in [0.05, 0.1) is 18.6 Å². The van der Waals surface area contributed by atoms with E-state index in [0.29, 0.717) is 18.1 Å². The van der Waals surface area contributed by atoms with Gasteiger partial charge in [0.15, 0.2) is 5.82 Å². The summed E-state index contributed by atoms with van der Waals surface area (Å²) >= 11 is 0. The van der Waals surface area contributed by atoms with E-state index in [1.165, 1.54) is 6.07 Å². The lowest BCUT2D eigenvalue weighted by atomic mass is 10.2. The zero-order valence-corrected chi connectivity index (χ0v) is 14.6. The number of H-pyrrole nitrogens is 1. The lowest BCUT2D eigenvalue weighted by Gasteiger charge is -2.39. The Kier molecular flexibility index (Phi) is 4.27. The summed E-state index contributed by atoms with van der Waals surface area (Å²) in [5.41, 5.74) is 1.19. The summed E-state index contributed by atoms with van der Waals surface area (Å²) in [6.07, 6.45) is 3.83. The number of benzene rings is 1. The van der Waals surface area contributed by atoms with Crippen LogP contribution in [-0.4, -0.2) is 55.0 Å². The largest absolute Gasteiger partial charge is 0.341 e. The number of nitrogens with zero attached hydrogens (tertiary/aromatic N) is 5. The molecule has 6 nitrogen and oxygen atoms in total. The molecule has 0 radical (unpaired) electrons. The highest BCUT2D eigenvalue weighted by Gasteiger charge is 2.25. The zero-order chi connectivity index (χ0) is 17.4. The number of aromatic nitrogens is 4. The third-order valence-electron chi connectivity index (χ3n) is 5.00. The van der Waals surface area contributed by atoms with Gasteiger partial charge >= 0.3 is 0 Å². The molecule has 1 N–H and O–H groups in total. The quantitative estimate of drug-likeness (QED) is 0.789. The Bertz CT molecular complexity index is 869. The Morgan fingerprint density at radius 1 is 1.28 bits per heavy atom. The number of aromatic amines is 1. The summed E-state index contributed by atoms with van der Waals surface area (Å²) in [5.74, 6) is 1.64. The first-order valence-corrected chi connectivity index (χ1v) is 8.66. The van der Waals surface area contributed by atoms with E-state index in [4.69, 9.17) is 0 Å². The zero-order valence-electron chi connectivity index (χ0n) is 14.6. The van der Waals surface area contributed by atoms with Crippen LogP contribution in [0.15, 0.2) is 30.6 Å². The van der Waals surface area contributed by atoms with Gasteiger partial charge in [0.1, 0.15) is 17.2 Å². The molecule has 7 heteroatoms. The van der Waals surface area contributed by atoms with Crippen molar-refractivity contribution in [2.45, 2.75) is 26.1 Å². The van der Waals surface area contributed by atoms with Crippen LogP contribution in [0.1, 0.15) is 18.6 Å². The van der Waals surface area contributed by atoms with Crippen LogP contribution in [0.4, 0.5) is 4.39 Å². The standard InChI is InChI=1S/C18H23FN6/c1-13-10-24(8-9-25(13)12-17-20-6-7-23(17)2)11-16-21-15-5-3-4-14(19)18(15)22-16/h3-7,13H,8-12H2,1-2H3,(H,21,22)/t13-/m1/s1. The number of halogens is 1. The third-order valence-corrected chi connectivity index (χ3v) is 5.00. The van der Waals surface area contributed by atoms with Crippen molar-refractivity contribution in [1.29, 1.82) is 0 Å². The summed E-state index contributed by atoms with van der Waals surface area (Å²) in [7, 11) is 2.03. The SMILES string of the molecule is C[C@@H]1CN(Cc2nc3c(F)cccc3[nH]2)CCN1Cc1nccn1C. The first-order valence-electron chi connectivity index (χ1n) is 8.66. The van der Waals surface area contributed by atoms with Crippen molar-refractivity contribution in [2.75, 3.05) is 19.6 Å². The number of nitrogens with one attached hydrogen (secondary N) is 1. The number of hydrogen-bond acceptors (Lipinski definition) is 4. The number of para-hydroxylation sites is 1. The molecule has 1 aromatic carbocycles. The molecule has 0 amide bonds. The van der Waals surface area contributed by atoms with Gasteiger partial charge in [-0.2, -0.15) is 0 Å². The highest BCUT2D eigenvalue weighted by atomic mass is 19.1. The van der Waals surface area contributed by atoms with Gasteiger partial charge in [-0.15, -0.1) is 0 Å². The van der Waals surface area contributed by atoms with Gasteiger partial charge in [-0.05, 0) is 19.1 Å². The van der Waals surface area contributed by atoms with E-state index in [2.05, 4.69) is 36.2 Å². The van der Waals surface area contributed by atoms with E-state index in [0.717, 1.165) is 43.3 Å². The topological polar surface area (TPSA) is 53.0 Å². The molecule has 3 heterocycles. The first-order chi connectivity index (χ1) is 12.1. The molecule has 0 aliphatic carbocycles. The van der Waals surface area contributed by atoms with Crippen LogP contribution >= 0.6 is 0 Å². The predicted octanol–water partition coefficient (Wildman–Crippen LogP) is 2.14. The Labute approximate surface area is 146 Å². The maximum atomic E-state index is 13.8. The fourth-order valence-corrected chi connectivity index (χ4v) is 3.51. The minimum atomic E-state index is -0.270. The number of fused-ring (bicyclic) bond motifs is 1. The highest BCUT2D eigenvalue weighted by Crippen LogP contribution is 2.18. The lowest BCUT2D eigenvalue weighted by Crippen LogP contribution is -2.51. The molecule has 4 rings (SSSR count). The Morgan fingerprint density at radius 2 is 2.16 bits per heavy atom. The average molecular weight is 342 g/mol. The predicted molar refractivity (Wildman–Crippen MR) is 94.4 cm³/mol. The normalized spacial score (nSPS) is 19.7. The Morgan fingerprint density at radius 3 is 2.88 bits per heavy atom. The average Bonchev–Trinajstić information content (AvgIpc) is 3.17. The second kappa shape index (κ2) is 6.57. The van der Waals surface area contributed by atoms with Crippen molar-refractivity contribution < 1.29 is 4.39 Å². The van der Waals surface area contributed by atoms with Crippen LogP contribution in [-0.2, 0) is 20.1 Å². The van der Waals surface area contributed by atoms with Crippen LogP contribution in [0, 0.1) is 5.82 Å². The molecule has 0 saturated carbocycles. The molecule has 0 spiro atoms. The molecule has 1 saturated heterocycles. The maximum Gasteiger partial charge on any atom is 0.151 e. The summed E-state index contributed by atoms with van der Waals surface area (Å²) in [4.78, 5) is 16.9. The summed E-state index contributed by atoms with van der Waals surface area (Å²) in [6.45, 7) is 6.75. The van der Waals surface area contributed by atoms with Gasteiger partial charge in [-0.1, -0.05) is 6.07 Å². The lowest BCUT2D eigenvalue weighted by molar-refractivity contribution is 0.0694. The molecular weight excluding hydrogens is 319 g/mol. The second-order valence-corrected chi connectivity index (χ2v) is 6.83. The van der Waals surface area contributed by atoms with E-state index < -0.39 is 0 Å².